The number of carbonyl (C=O) groups excluding carboxylic acids is 4. The van der Waals surface area contributed by atoms with Gasteiger partial charge in [-0.3, -0.25) is 28.5 Å². The van der Waals surface area contributed by atoms with Gasteiger partial charge >= 0.3 is 0 Å². The van der Waals surface area contributed by atoms with Crippen LogP contribution in [-0.2, 0) is 14.2 Å². The highest BCUT2D eigenvalue weighted by atomic mass is 16.5. The molecule has 0 aromatic carbocycles. The molecule has 4 aliphatic heterocycles. The van der Waals surface area contributed by atoms with Gasteiger partial charge in [-0.15, -0.1) is 0 Å². The minimum absolute atomic E-state index is 0.0105. The largest absolute Gasteiger partial charge is 0.391 e. The lowest BCUT2D eigenvalue weighted by atomic mass is 9.80. The first kappa shape index (κ1) is 88.3. The Balaban J connectivity index is 0.000000114. The van der Waals surface area contributed by atoms with Crippen LogP contribution in [0.4, 0.5) is 23.3 Å². The summed E-state index contributed by atoms with van der Waals surface area (Å²) in [6, 6.07) is 20.7. The second-order valence-corrected chi connectivity index (χ2v) is 35.9. The fourth-order valence-electron chi connectivity index (χ4n) is 18.4. The Morgan fingerprint density at radius 3 is 1.08 bits per heavy atom. The smallest absolute Gasteiger partial charge is 0.257 e. The fraction of sp³-hybridized carbons (Fsp3) is 0.426. The summed E-state index contributed by atoms with van der Waals surface area (Å²) < 4.78 is 30.9. The second-order valence-electron chi connectivity index (χ2n) is 35.9. The van der Waals surface area contributed by atoms with Crippen molar-refractivity contribution in [3.8, 4) is 67.8 Å². The number of hydrogen-bond donors (Lipinski definition) is 10. The second kappa shape index (κ2) is 37.0. The van der Waals surface area contributed by atoms with E-state index in [2.05, 4.69) is 161 Å². The van der Waals surface area contributed by atoms with E-state index in [0.717, 1.165) is 173 Å². The van der Waals surface area contributed by atoms with Crippen molar-refractivity contribution in [3.63, 3.8) is 0 Å². The molecule has 690 valence electrons. The third-order valence-electron chi connectivity index (χ3n) is 27.0. The van der Waals surface area contributed by atoms with Gasteiger partial charge in [-0.1, -0.05) is 6.92 Å². The molecule has 133 heavy (non-hydrogen) atoms. The highest BCUT2D eigenvalue weighted by molar-refractivity contribution is 6.04. The van der Waals surface area contributed by atoms with E-state index in [1.165, 1.54) is 12.4 Å². The zero-order valence-electron chi connectivity index (χ0n) is 76.3. The molecule has 0 saturated heterocycles. The van der Waals surface area contributed by atoms with Crippen LogP contribution in [-0.4, -0.2) is 246 Å². The number of carbonyl (C=O) groups is 4. The van der Waals surface area contributed by atoms with Crippen molar-refractivity contribution in [1.82, 2.24) is 128 Å². The average molecular weight is 1800 g/mol. The van der Waals surface area contributed by atoms with Crippen molar-refractivity contribution < 1.29 is 43.6 Å². The van der Waals surface area contributed by atoms with Crippen LogP contribution in [0.15, 0.2) is 135 Å². The van der Waals surface area contributed by atoms with Gasteiger partial charge in [-0.2, -0.15) is 48.7 Å². The number of methoxy groups -OCH3 is 3. The van der Waals surface area contributed by atoms with E-state index in [4.69, 9.17) is 34.1 Å². The Morgan fingerprint density at radius 1 is 0.421 bits per heavy atom. The van der Waals surface area contributed by atoms with E-state index >= 15 is 0 Å². The van der Waals surface area contributed by atoms with Gasteiger partial charge in [0.05, 0.1) is 84.0 Å². The topological polar surface area (TPSA) is 450 Å². The Labute approximate surface area is 764 Å². The van der Waals surface area contributed by atoms with Gasteiger partial charge in [-0.25, -0.2) is 39.9 Å². The number of fused-ring (bicyclic) bond motifs is 8. The van der Waals surface area contributed by atoms with E-state index < -0.39 is 12.2 Å². The zero-order chi connectivity index (χ0) is 92.3. The molecule has 39 nitrogen and oxygen atoms in total. The molecule has 4 amide bonds. The van der Waals surface area contributed by atoms with Gasteiger partial charge in [-0.05, 0) is 159 Å². The van der Waals surface area contributed by atoms with Crippen molar-refractivity contribution >= 4 is 91.6 Å². The Morgan fingerprint density at radius 2 is 0.774 bits per heavy atom. The van der Waals surface area contributed by atoms with Crippen LogP contribution in [0.1, 0.15) is 177 Å². The maximum Gasteiger partial charge on any atom is 0.257 e. The SMILES string of the molecule is CNc1cc(-c2cn(C3CC(COC)C3)c3ncccc23)nc2c(C(=O)NC3CC[C@H]3O)cnn12.CNc1cc(-c2cn(C3CC(COC)C3)c3ncccc23)nc2c(C(=O)N[C@H]3CC[C@H]3O)cnn12.CNc1cc(-c2cnc3nn(C(C)C)ccc2-3)nc2c(C(=O)NC3CC[C@@H]3OC)cnn12.CNc1cc(-c2cnc3nn(C(C)C)ccc2-3)nc2c(C(=O)NC3CC[C@H]3C)cnn12. The van der Waals surface area contributed by atoms with Crippen molar-refractivity contribution in [1.29, 1.82) is 0 Å². The number of aliphatic hydroxyl groups is 2. The third-order valence-corrected chi connectivity index (χ3v) is 27.0. The minimum atomic E-state index is -0.495. The van der Waals surface area contributed by atoms with Crippen LogP contribution in [0.3, 0.4) is 0 Å². The van der Waals surface area contributed by atoms with Gasteiger partial charge in [0.2, 0.25) is 0 Å². The standard InChI is InChI=1S/2C25H29N7O3.C22H26N8O2.C22H26N8O/c2*1-26-22-10-20(29-24-17(11-28-32(22)24)25(34)30-19-5-6-21(19)33)18-12-31(15-8-14(9-15)13-35-2)23-16(18)4-3-7-27-23;1-12(2)29-8-7-13-14(10-24-20(13)28-29)17-9-19(23-3)30-21(26-17)15(11-25-30)22(31)27-16-5-6-18(16)32-4;1-12(2)29-8-7-14-15(10-24-20(14)28-29)18-9-19(23-4)30-21(26-18)16(11-25-30)22(31)27-17-6-5-13(17)3/h2*3-4,7,10-12,14-15,19,21,26,33H,5-6,8-9,13H2,1-2H3,(H,30,34);7-12,16,18,23H,5-6H2,1-4H3,(H,27,31);7-13,17,23H,5-6H2,1-4H3,(H,27,31)/t14?,15?,19?,21-;14?,15?,19-,21+;16?,18-;13-,17?/m1001/s1. The molecule has 8 atom stereocenters. The molecule has 39 heteroatoms. The van der Waals surface area contributed by atoms with Crippen molar-refractivity contribution in [2.24, 2.45) is 17.8 Å². The van der Waals surface area contributed by atoms with Gasteiger partial charge in [0.1, 0.15) is 56.8 Å². The fourth-order valence-corrected chi connectivity index (χ4v) is 18.4. The van der Waals surface area contributed by atoms with Crippen LogP contribution < -0.4 is 42.5 Å². The number of hydrogen-bond acceptors (Lipinski definition) is 27. The summed E-state index contributed by atoms with van der Waals surface area (Å²) in [6.45, 7) is 12.0. The maximum absolute atomic E-state index is 13.0. The van der Waals surface area contributed by atoms with Crippen LogP contribution in [0, 0.1) is 17.8 Å². The number of nitrogens with zero attached hydrogens (tertiary/aromatic N) is 22. The van der Waals surface area contributed by atoms with E-state index in [1.807, 2.05) is 111 Å². The molecule has 0 bridgehead atoms. The van der Waals surface area contributed by atoms with Crippen LogP contribution in [0.25, 0.3) is 112 Å². The first-order chi connectivity index (χ1) is 64.6. The van der Waals surface area contributed by atoms with Gasteiger partial charge in [0.15, 0.2) is 34.2 Å². The molecular formula is C94H110N30O9. The number of aliphatic hydroxyl groups excluding tert-OH is 2. The maximum atomic E-state index is 13.0. The Hall–Kier alpha value is -14.0. The van der Waals surface area contributed by atoms with E-state index in [1.54, 1.807) is 64.2 Å². The third kappa shape index (κ3) is 16.7. The van der Waals surface area contributed by atoms with E-state index in [0.29, 0.717) is 105 Å². The van der Waals surface area contributed by atoms with Gasteiger partial charge in [0.25, 0.3) is 23.6 Å². The molecule has 6 aliphatic carbocycles. The van der Waals surface area contributed by atoms with Crippen LogP contribution in [0.2, 0.25) is 0 Å². The van der Waals surface area contributed by atoms with E-state index in [9.17, 15) is 29.4 Å². The first-order valence-electron chi connectivity index (χ1n) is 45.6. The molecule has 10 N–H and O–H groups in total. The number of rotatable bonds is 25. The lowest BCUT2D eigenvalue weighted by molar-refractivity contribution is 0.00732. The van der Waals surface area contributed by atoms with Crippen LogP contribution >= 0.6 is 0 Å². The summed E-state index contributed by atoms with van der Waals surface area (Å²) >= 11 is 0. The summed E-state index contributed by atoms with van der Waals surface area (Å²) in [7, 11) is 12.4. The minimum Gasteiger partial charge on any atom is -0.391 e. The molecule has 12 aromatic rings. The van der Waals surface area contributed by atoms with Gasteiger partial charge < -0.3 is 76.1 Å². The number of aromatic nitrogens is 22. The average Bonchev–Trinajstić information content (AvgIpc) is 1.57. The summed E-state index contributed by atoms with van der Waals surface area (Å²) in [5, 5.41) is 73.2. The summed E-state index contributed by atoms with van der Waals surface area (Å²) in [5.41, 5.74) is 13.8. The number of anilines is 4. The van der Waals surface area contributed by atoms with Crippen molar-refractivity contribution in [3.05, 3.63) is 157 Å². The molecule has 22 rings (SSSR count). The monoisotopic (exact) mass is 1800 g/mol. The predicted octanol–water partition coefficient (Wildman–Crippen LogP) is 11.1. The molecule has 6 fully saturated rings. The highest BCUT2D eigenvalue weighted by Gasteiger charge is 2.39. The van der Waals surface area contributed by atoms with E-state index in [-0.39, 0.29) is 66.0 Å². The quantitative estimate of drug-likeness (QED) is 0.0254. The summed E-state index contributed by atoms with van der Waals surface area (Å²) in [4.78, 5) is 89.6. The lowest BCUT2D eigenvalue weighted by Gasteiger charge is -2.36. The molecule has 0 spiro atoms. The number of nitrogens with one attached hydrogen (secondary N) is 8. The molecule has 12 aromatic heterocycles. The highest BCUT2D eigenvalue weighted by Crippen LogP contribution is 2.46. The molecule has 16 heterocycles. The summed E-state index contributed by atoms with van der Waals surface area (Å²) in [5.74, 6) is 4.99. The summed E-state index contributed by atoms with van der Waals surface area (Å²) in [6.07, 6.45) is 31.8. The molecule has 10 aliphatic rings. The normalized spacial score (nSPS) is 21.2. The van der Waals surface area contributed by atoms with Gasteiger partial charge in [0, 0.05) is 211 Å². The Kier molecular flexibility index (Phi) is 24.5. The lowest BCUT2D eigenvalue weighted by Crippen LogP contribution is -2.51. The van der Waals surface area contributed by atoms with Crippen LogP contribution in [0.5, 0.6) is 0 Å². The zero-order valence-corrected chi connectivity index (χ0v) is 76.3. The number of ether oxygens (including phenoxy) is 3. The predicted molar refractivity (Wildman–Crippen MR) is 501 cm³/mol. The Bertz CT molecular complexity index is 6730. The number of pyridine rings is 2. The molecule has 6 saturated carbocycles. The van der Waals surface area contributed by atoms with Crippen molar-refractivity contribution in [2.45, 2.75) is 178 Å². The molecule has 3 unspecified atom stereocenters. The molecular weight excluding hydrogens is 1690 g/mol. The number of amides is 4. The van der Waals surface area contributed by atoms with Crippen molar-refractivity contribution in [2.75, 3.05) is 84.0 Å². The first-order valence-corrected chi connectivity index (χ1v) is 45.6. The molecule has 0 radical (unpaired) electrons.